The smallest absolute Gasteiger partial charge is 0.289 e. The Hall–Kier alpha value is -3.72. The third kappa shape index (κ3) is 6.30. The fraction of sp³-hybridized carbons (Fsp3) is 0.400. The highest BCUT2D eigenvalue weighted by atomic mass is 19.1. The van der Waals surface area contributed by atoms with Gasteiger partial charge >= 0.3 is 0 Å². The summed E-state index contributed by atoms with van der Waals surface area (Å²) in [7, 11) is 2.04. The maximum absolute atomic E-state index is 14.3. The number of hydrogen-bond donors (Lipinski definition) is 0. The van der Waals surface area contributed by atoms with Crippen molar-refractivity contribution >= 4 is 11.8 Å². The van der Waals surface area contributed by atoms with Crippen molar-refractivity contribution in [3.63, 3.8) is 0 Å². The van der Waals surface area contributed by atoms with Gasteiger partial charge in [-0.05, 0) is 68.4 Å². The molecule has 2 aliphatic heterocycles. The lowest BCUT2D eigenvalue weighted by Gasteiger charge is -2.43. The number of amides is 2. The Morgan fingerprint density at radius 1 is 0.923 bits per heavy atom. The highest BCUT2D eigenvalue weighted by Gasteiger charge is 2.41. The molecule has 39 heavy (non-hydrogen) atoms. The van der Waals surface area contributed by atoms with Gasteiger partial charge in [-0.15, -0.1) is 0 Å². The molecule has 206 valence electrons. The maximum atomic E-state index is 14.3. The van der Waals surface area contributed by atoms with Crippen LogP contribution < -0.4 is 4.74 Å². The van der Waals surface area contributed by atoms with E-state index in [0.717, 1.165) is 13.1 Å². The van der Waals surface area contributed by atoms with Gasteiger partial charge in [0.25, 0.3) is 5.91 Å². The molecule has 2 amide bonds. The average molecular weight is 538 g/mol. The number of halogens is 2. The molecule has 7 nitrogen and oxygen atoms in total. The molecule has 1 unspecified atom stereocenters. The summed E-state index contributed by atoms with van der Waals surface area (Å²) in [6, 6.07) is 15.2. The molecule has 2 aromatic carbocycles. The topological polar surface area (TPSA) is 66.2 Å². The first-order chi connectivity index (χ1) is 18.8. The van der Waals surface area contributed by atoms with E-state index in [0.29, 0.717) is 44.8 Å². The first kappa shape index (κ1) is 26.9. The minimum atomic E-state index is -0.621. The van der Waals surface area contributed by atoms with E-state index in [1.54, 1.807) is 47.4 Å². The first-order valence-electron chi connectivity index (χ1n) is 13.3. The predicted octanol–water partition coefficient (Wildman–Crippen LogP) is 4.69. The fourth-order valence-corrected chi connectivity index (χ4v) is 5.36. The third-order valence-corrected chi connectivity index (χ3v) is 7.65. The van der Waals surface area contributed by atoms with Crippen LogP contribution in [0.3, 0.4) is 0 Å². The van der Waals surface area contributed by atoms with Gasteiger partial charge in [0, 0.05) is 51.1 Å². The van der Waals surface area contributed by atoms with Gasteiger partial charge in [-0.1, -0.05) is 12.1 Å². The number of benzene rings is 2. The van der Waals surface area contributed by atoms with E-state index < -0.39 is 11.2 Å². The second-order valence-corrected chi connectivity index (χ2v) is 10.6. The molecule has 2 saturated heterocycles. The first-order valence-corrected chi connectivity index (χ1v) is 13.3. The summed E-state index contributed by atoms with van der Waals surface area (Å²) in [6.45, 7) is 3.99. The molecule has 5 rings (SSSR count). The van der Waals surface area contributed by atoms with Crippen LogP contribution >= 0.6 is 0 Å². The molecule has 2 aliphatic rings. The van der Waals surface area contributed by atoms with Crippen LogP contribution in [0.1, 0.15) is 29.8 Å². The van der Waals surface area contributed by atoms with Crippen LogP contribution in [0.5, 0.6) is 5.75 Å². The molecule has 0 saturated carbocycles. The quantitative estimate of drug-likeness (QED) is 0.438. The summed E-state index contributed by atoms with van der Waals surface area (Å²) in [6.07, 6.45) is 1.63. The van der Waals surface area contributed by atoms with Gasteiger partial charge in [0.15, 0.2) is 5.76 Å². The van der Waals surface area contributed by atoms with Gasteiger partial charge < -0.3 is 23.9 Å². The third-order valence-electron chi connectivity index (χ3n) is 7.65. The van der Waals surface area contributed by atoms with E-state index in [2.05, 4.69) is 4.90 Å². The van der Waals surface area contributed by atoms with Gasteiger partial charge in [0.05, 0.1) is 12.2 Å². The summed E-state index contributed by atoms with van der Waals surface area (Å²) < 4.78 is 39.5. The SMILES string of the molecule is CN1CCN(C(=O)CC2(COc3ccc(F)cc3)CCCN(C(=O)c3ccc(-c4ccccc4F)o3)C2)CC1. The monoisotopic (exact) mass is 537 g/mol. The number of piperidine rings is 1. The van der Waals surface area contributed by atoms with E-state index in [1.807, 2.05) is 11.9 Å². The molecule has 1 atom stereocenters. The molecule has 2 fully saturated rings. The summed E-state index contributed by atoms with van der Waals surface area (Å²) in [5, 5.41) is 0. The summed E-state index contributed by atoms with van der Waals surface area (Å²) in [5.41, 5.74) is -0.334. The maximum Gasteiger partial charge on any atom is 0.289 e. The number of furan rings is 1. The van der Waals surface area contributed by atoms with Gasteiger partial charge in [-0.3, -0.25) is 9.59 Å². The van der Waals surface area contributed by atoms with Crippen LogP contribution in [0.2, 0.25) is 0 Å². The lowest BCUT2D eigenvalue weighted by molar-refractivity contribution is -0.137. The standard InChI is InChI=1S/C30H33F2N3O4/c1-33-15-17-34(18-16-33)28(36)19-30(21-38-23-9-7-22(31)8-10-23)13-4-14-35(20-30)29(37)27-12-11-26(39-27)24-5-2-3-6-25(24)32/h2-3,5-12H,4,13-21H2,1H3. The fourth-order valence-electron chi connectivity index (χ4n) is 5.36. The number of carbonyl (C=O) groups is 2. The number of piperazine rings is 1. The van der Waals surface area contributed by atoms with Crippen molar-refractivity contribution in [2.45, 2.75) is 19.3 Å². The van der Waals surface area contributed by atoms with Gasteiger partial charge in [-0.2, -0.15) is 0 Å². The molecular weight excluding hydrogens is 504 g/mol. The van der Waals surface area contributed by atoms with Crippen LogP contribution in [0.4, 0.5) is 8.78 Å². The molecular formula is C30H33F2N3O4. The largest absolute Gasteiger partial charge is 0.493 e. The zero-order valence-corrected chi connectivity index (χ0v) is 22.1. The van der Waals surface area contributed by atoms with E-state index in [9.17, 15) is 18.4 Å². The van der Waals surface area contributed by atoms with Gasteiger partial charge in [0.2, 0.25) is 5.91 Å². The Labute approximate surface area is 226 Å². The van der Waals surface area contributed by atoms with Gasteiger partial charge in [0.1, 0.15) is 23.1 Å². The van der Waals surface area contributed by atoms with Crippen molar-refractivity contribution in [2.24, 2.45) is 5.41 Å². The minimum Gasteiger partial charge on any atom is -0.493 e. The van der Waals surface area contributed by atoms with Crippen molar-refractivity contribution < 1.29 is 27.5 Å². The van der Waals surface area contributed by atoms with Crippen molar-refractivity contribution in [3.8, 4) is 17.1 Å². The molecule has 9 heteroatoms. The van der Waals surface area contributed by atoms with Crippen molar-refractivity contribution in [3.05, 3.63) is 78.1 Å². The molecule has 1 aromatic heterocycles. The van der Waals surface area contributed by atoms with Crippen LogP contribution in [-0.4, -0.2) is 79.4 Å². The molecule has 0 bridgehead atoms. The number of nitrogens with zero attached hydrogens (tertiary/aromatic N) is 3. The summed E-state index contributed by atoms with van der Waals surface area (Å²) >= 11 is 0. The van der Waals surface area contributed by atoms with E-state index >= 15 is 0 Å². The number of rotatable bonds is 7. The van der Waals surface area contributed by atoms with Crippen LogP contribution in [-0.2, 0) is 4.79 Å². The van der Waals surface area contributed by atoms with E-state index in [-0.39, 0.29) is 47.7 Å². The normalized spacial score (nSPS) is 20.2. The molecule has 0 spiro atoms. The van der Waals surface area contributed by atoms with E-state index in [4.69, 9.17) is 9.15 Å². The number of likely N-dealkylation sites (tertiary alicyclic amines) is 1. The van der Waals surface area contributed by atoms with Crippen molar-refractivity contribution in [1.29, 1.82) is 0 Å². The Bertz CT molecular complexity index is 1300. The lowest BCUT2D eigenvalue weighted by Crippen LogP contribution is -2.53. The number of carbonyl (C=O) groups excluding carboxylic acids is 2. The van der Waals surface area contributed by atoms with Crippen LogP contribution in [0.25, 0.3) is 11.3 Å². The van der Waals surface area contributed by atoms with Crippen molar-refractivity contribution in [1.82, 2.24) is 14.7 Å². The minimum absolute atomic E-state index is 0.0416. The number of ether oxygens (including phenoxy) is 1. The Kier molecular flexibility index (Phi) is 7.97. The zero-order chi connectivity index (χ0) is 27.4. The van der Waals surface area contributed by atoms with E-state index in [1.165, 1.54) is 18.2 Å². The summed E-state index contributed by atoms with van der Waals surface area (Å²) in [5.74, 6) is -0.145. The number of likely N-dealkylation sites (N-methyl/N-ethyl adjacent to an activating group) is 1. The zero-order valence-electron chi connectivity index (χ0n) is 22.1. The lowest BCUT2D eigenvalue weighted by atomic mass is 9.77. The van der Waals surface area contributed by atoms with Crippen LogP contribution in [0, 0.1) is 17.0 Å². The average Bonchev–Trinajstić information content (AvgIpc) is 3.43. The Morgan fingerprint density at radius 2 is 1.67 bits per heavy atom. The summed E-state index contributed by atoms with van der Waals surface area (Å²) in [4.78, 5) is 32.7. The Morgan fingerprint density at radius 3 is 2.41 bits per heavy atom. The predicted molar refractivity (Wildman–Crippen MR) is 142 cm³/mol. The molecule has 3 aromatic rings. The molecule has 0 radical (unpaired) electrons. The Balaban J connectivity index is 1.34. The second kappa shape index (κ2) is 11.6. The van der Waals surface area contributed by atoms with Gasteiger partial charge in [-0.25, -0.2) is 8.78 Å². The molecule has 0 N–H and O–H groups in total. The van der Waals surface area contributed by atoms with Crippen LogP contribution in [0.15, 0.2) is 65.1 Å². The number of hydrogen-bond acceptors (Lipinski definition) is 5. The second-order valence-electron chi connectivity index (χ2n) is 10.6. The van der Waals surface area contributed by atoms with Crippen molar-refractivity contribution in [2.75, 3.05) is 52.9 Å². The highest BCUT2D eigenvalue weighted by Crippen LogP contribution is 2.36. The highest BCUT2D eigenvalue weighted by molar-refractivity contribution is 5.92. The molecule has 0 aliphatic carbocycles. The molecule has 3 heterocycles.